The van der Waals surface area contributed by atoms with Crippen molar-refractivity contribution >= 4 is 0 Å². The summed E-state index contributed by atoms with van der Waals surface area (Å²) in [6.07, 6.45) is 12.7. The fourth-order valence-electron chi connectivity index (χ4n) is 6.52. The van der Waals surface area contributed by atoms with Gasteiger partial charge in [0, 0.05) is 80.6 Å². The number of methoxy groups -OCH3 is 8. The van der Waals surface area contributed by atoms with Crippen LogP contribution >= 0.6 is 0 Å². The van der Waals surface area contributed by atoms with Crippen molar-refractivity contribution in [2.45, 2.75) is 24.4 Å². The van der Waals surface area contributed by atoms with Gasteiger partial charge in [0.25, 0.3) is 0 Å². The van der Waals surface area contributed by atoms with Gasteiger partial charge in [-0.15, -0.1) is 0 Å². The Balaban J connectivity index is 0.000000267. The monoisotopic (exact) mass is 590 g/mol. The molecule has 9 heteroatoms. The predicted molar refractivity (Wildman–Crippen MR) is 143 cm³/mol. The Kier molecular flexibility index (Phi) is 16.3. The Labute approximate surface area is 248 Å². The van der Waals surface area contributed by atoms with E-state index in [0.717, 1.165) is 0 Å². The zero-order valence-electron chi connectivity index (χ0n) is 24.5. The normalized spacial score (nSPS) is 35.7. The van der Waals surface area contributed by atoms with Crippen molar-refractivity contribution in [1.82, 2.24) is 0 Å². The fourth-order valence-corrected chi connectivity index (χ4v) is 6.52. The summed E-state index contributed by atoms with van der Waals surface area (Å²) in [5, 5.41) is 0. The van der Waals surface area contributed by atoms with Gasteiger partial charge in [-0.1, -0.05) is 0 Å². The Hall–Kier alpha value is 0.199. The third kappa shape index (κ3) is 7.78. The van der Waals surface area contributed by atoms with E-state index < -0.39 is 0 Å². The summed E-state index contributed by atoms with van der Waals surface area (Å²) in [6.45, 7) is 2.54. The molecule has 0 unspecified atom stereocenters. The minimum atomic E-state index is -0.0139. The molecule has 0 aromatic heterocycles. The van der Waals surface area contributed by atoms with Crippen molar-refractivity contribution in [2.75, 3.05) is 83.3 Å². The molecule has 8 atom stereocenters. The third-order valence-corrected chi connectivity index (χ3v) is 8.08. The van der Waals surface area contributed by atoms with Crippen LogP contribution in [0.1, 0.15) is 0 Å². The van der Waals surface area contributed by atoms with Crippen LogP contribution in [0.3, 0.4) is 0 Å². The van der Waals surface area contributed by atoms with E-state index in [1.165, 1.54) is 23.7 Å². The molecule has 4 fully saturated rings. The van der Waals surface area contributed by atoms with Crippen molar-refractivity contribution in [1.29, 1.82) is 0 Å². The molecule has 4 aliphatic carbocycles. The fraction of sp³-hybridized carbons (Fsp3) is 0.667. The summed E-state index contributed by atoms with van der Waals surface area (Å²) in [5.74, 6) is 6.01. The Morgan fingerprint density at radius 2 is 0.615 bits per heavy atom. The average Bonchev–Trinajstić information content (AvgIpc) is 3.62. The molecule has 4 aliphatic rings. The van der Waals surface area contributed by atoms with Gasteiger partial charge >= 0.3 is 17.1 Å². The molecule has 4 saturated carbocycles. The van der Waals surface area contributed by atoms with E-state index in [-0.39, 0.29) is 65.2 Å². The summed E-state index contributed by atoms with van der Waals surface area (Å²) < 4.78 is 44.3. The zero-order chi connectivity index (χ0) is 27.7. The van der Waals surface area contributed by atoms with Gasteiger partial charge in [0.05, 0.1) is 50.8 Å². The number of hydrogen-bond acceptors (Lipinski definition) is 8. The predicted octanol–water partition coefficient (Wildman–Crippen LogP) is 2.66. The van der Waals surface area contributed by atoms with Gasteiger partial charge in [-0.25, -0.2) is 0 Å². The van der Waals surface area contributed by atoms with Crippen LogP contribution in [0, 0.1) is 85.9 Å². The van der Waals surface area contributed by atoms with Gasteiger partial charge in [-0.2, -0.15) is 0 Å². The SMILES string of the molecule is COC[C@@H]1[C]2[CH][CH][CH][C]2[C@@H](COC)[C@@H](OC)[C@@H]1OC.COC[C@@H]1[C]2[CH][CH][CH][C]2[C@@H](COC)[C@@H](OC)[C@@H]1OC.[Fe+2]. The number of ether oxygens (including phenoxy) is 8. The first kappa shape index (κ1) is 35.4. The van der Waals surface area contributed by atoms with E-state index in [9.17, 15) is 0 Å². The van der Waals surface area contributed by atoms with Crippen LogP contribution in [0.2, 0.25) is 0 Å². The summed E-state index contributed by atoms with van der Waals surface area (Å²) in [4.78, 5) is 0. The third-order valence-electron chi connectivity index (χ3n) is 8.08. The van der Waals surface area contributed by atoms with Crippen LogP contribution in [0.15, 0.2) is 0 Å². The average molecular weight is 591 g/mol. The number of hydrogen-bond donors (Lipinski definition) is 0. The van der Waals surface area contributed by atoms with E-state index in [2.05, 4.69) is 38.5 Å². The minimum absolute atomic E-state index is 0. The number of rotatable bonds is 12. The van der Waals surface area contributed by atoms with Crippen molar-refractivity contribution in [3.8, 4) is 0 Å². The van der Waals surface area contributed by atoms with Crippen LogP contribution in [0.5, 0.6) is 0 Å². The largest absolute Gasteiger partial charge is 2.00 e. The molecule has 0 amide bonds. The van der Waals surface area contributed by atoms with Crippen LogP contribution in [-0.2, 0) is 55.0 Å². The molecule has 0 aromatic rings. The Morgan fingerprint density at radius 1 is 0.410 bits per heavy atom. The van der Waals surface area contributed by atoms with E-state index in [1.54, 1.807) is 56.9 Å². The molecule has 0 aliphatic heterocycles. The zero-order valence-corrected chi connectivity index (χ0v) is 25.6. The van der Waals surface area contributed by atoms with Crippen molar-refractivity contribution < 1.29 is 55.0 Å². The second-order valence-corrected chi connectivity index (χ2v) is 9.92. The van der Waals surface area contributed by atoms with Gasteiger partial charge in [0.2, 0.25) is 0 Å². The van der Waals surface area contributed by atoms with Gasteiger partial charge in [0.1, 0.15) is 0 Å². The Bertz CT molecular complexity index is 550. The maximum Gasteiger partial charge on any atom is 2.00 e. The first-order valence-corrected chi connectivity index (χ1v) is 13.1. The van der Waals surface area contributed by atoms with E-state index in [0.29, 0.717) is 26.4 Å². The van der Waals surface area contributed by atoms with Crippen molar-refractivity contribution in [3.05, 3.63) is 62.2 Å². The molecule has 4 rings (SSSR count). The molecule has 0 bridgehead atoms. The first-order valence-electron chi connectivity index (χ1n) is 13.1. The Morgan fingerprint density at radius 3 is 0.769 bits per heavy atom. The van der Waals surface area contributed by atoms with Crippen LogP contribution in [0.25, 0.3) is 0 Å². The summed E-state index contributed by atoms with van der Waals surface area (Å²) >= 11 is 0. The van der Waals surface area contributed by atoms with Gasteiger partial charge in [-0.3, -0.25) is 0 Å². The quantitative estimate of drug-likeness (QED) is 0.322. The maximum atomic E-state index is 5.70. The van der Waals surface area contributed by atoms with E-state index >= 15 is 0 Å². The molecule has 39 heavy (non-hydrogen) atoms. The molecular formula is C30H46FeO8+2. The standard InChI is InChI=1S/2C15H23O4.Fe/c2*1-16-8-12-10-6-5-7-11(10)13(9-17-2)15(19-4)14(12)18-3;/h2*5-7,12-15H,8-9H2,1-4H3;/q;;+2/t2*12-,13-,14-,15-;/m11./s1. The smallest absolute Gasteiger partial charge is 0.384 e. The van der Waals surface area contributed by atoms with Gasteiger partial charge < -0.3 is 37.9 Å². The molecule has 10 radical (unpaired) electrons. The summed E-state index contributed by atoms with van der Waals surface area (Å²) in [6, 6.07) is 0. The number of fused-ring (bicyclic) bond motifs is 2. The van der Waals surface area contributed by atoms with E-state index in [4.69, 9.17) is 37.9 Å². The molecular weight excluding hydrogens is 544 g/mol. The maximum absolute atomic E-state index is 5.70. The minimum Gasteiger partial charge on any atom is -0.384 e. The second kappa shape index (κ2) is 18.0. The molecule has 220 valence electrons. The van der Waals surface area contributed by atoms with Crippen LogP contribution < -0.4 is 0 Å². The summed E-state index contributed by atoms with van der Waals surface area (Å²) in [7, 11) is 13.8. The van der Waals surface area contributed by atoms with Crippen LogP contribution in [0.4, 0.5) is 0 Å². The van der Waals surface area contributed by atoms with Gasteiger partial charge in [-0.05, 0) is 62.2 Å². The molecule has 0 N–H and O–H groups in total. The molecule has 0 saturated heterocycles. The topological polar surface area (TPSA) is 73.8 Å². The molecule has 0 spiro atoms. The molecule has 0 aromatic carbocycles. The summed E-state index contributed by atoms with van der Waals surface area (Å²) in [5.41, 5.74) is 0. The molecule has 0 heterocycles. The van der Waals surface area contributed by atoms with Crippen LogP contribution in [-0.4, -0.2) is 108 Å². The molecule has 8 nitrogen and oxygen atoms in total. The van der Waals surface area contributed by atoms with Gasteiger partial charge in [0.15, 0.2) is 0 Å². The van der Waals surface area contributed by atoms with E-state index in [1.807, 2.05) is 0 Å². The van der Waals surface area contributed by atoms with Crippen molar-refractivity contribution in [3.63, 3.8) is 0 Å². The van der Waals surface area contributed by atoms with Crippen molar-refractivity contribution in [2.24, 2.45) is 23.7 Å². The first-order chi connectivity index (χ1) is 18.6. The second-order valence-electron chi connectivity index (χ2n) is 9.92.